The summed E-state index contributed by atoms with van der Waals surface area (Å²) in [5, 5.41) is 0. The van der Waals surface area contributed by atoms with E-state index in [-0.39, 0.29) is 0 Å². The molecule has 22 heavy (non-hydrogen) atoms. The summed E-state index contributed by atoms with van der Waals surface area (Å²) in [5.74, 6) is 0. The zero-order valence-electron chi connectivity index (χ0n) is 13.8. The van der Waals surface area contributed by atoms with Crippen molar-refractivity contribution in [2.45, 2.75) is 32.6 Å². The van der Waals surface area contributed by atoms with Crippen LogP contribution < -0.4 is 0 Å². The molecule has 0 aliphatic carbocycles. The second-order valence-corrected chi connectivity index (χ2v) is 5.77. The SMILES string of the molecule is C=CCCc1ccc(-c2ccc(CCCOC)cc2C)cc1. The van der Waals surface area contributed by atoms with Crippen LogP contribution in [0.1, 0.15) is 29.5 Å². The lowest BCUT2D eigenvalue weighted by atomic mass is 9.96. The van der Waals surface area contributed by atoms with Crippen LogP contribution in [0.2, 0.25) is 0 Å². The fraction of sp³-hybridized carbons (Fsp3) is 0.333. The van der Waals surface area contributed by atoms with Gasteiger partial charge in [0.25, 0.3) is 0 Å². The third-order valence-corrected chi connectivity index (χ3v) is 4.01. The molecule has 0 aliphatic heterocycles. The van der Waals surface area contributed by atoms with E-state index in [9.17, 15) is 0 Å². The van der Waals surface area contributed by atoms with Gasteiger partial charge in [0.2, 0.25) is 0 Å². The maximum atomic E-state index is 5.12. The minimum atomic E-state index is 0.826. The van der Waals surface area contributed by atoms with Crippen molar-refractivity contribution >= 4 is 0 Å². The molecule has 2 rings (SSSR count). The van der Waals surface area contributed by atoms with Crippen molar-refractivity contribution in [2.24, 2.45) is 0 Å². The topological polar surface area (TPSA) is 9.23 Å². The molecule has 2 aromatic rings. The molecule has 0 aliphatic rings. The number of aryl methyl sites for hydroxylation is 3. The predicted octanol–water partition coefficient (Wildman–Crippen LogP) is 5.36. The molecule has 1 heteroatoms. The van der Waals surface area contributed by atoms with E-state index in [0.29, 0.717) is 0 Å². The lowest BCUT2D eigenvalue weighted by Gasteiger charge is -2.10. The van der Waals surface area contributed by atoms with E-state index in [1.807, 2.05) is 6.08 Å². The number of ether oxygens (including phenoxy) is 1. The minimum absolute atomic E-state index is 0.826. The summed E-state index contributed by atoms with van der Waals surface area (Å²) in [6.45, 7) is 6.80. The molecule has 0 atom stereocenters. The van der Waals surface area contributed by atoms with Gasteiger partial charge in [-0.2, -0.15) is 0 Å². The molecule has 0 radical (unpaired) electrons. The molecule has 0 bridgehead atoms. The summed E-state index contributed by atoms with van der Waals surface area (Å²) in [7, 11) is 1.76. The van der Waals surface area contributed by atoms with Crippen LogP contribution in [-0.2, 0) is 17.6 Å². The van der Waals surface area contributed by atoms with Gasteiger partial charge in [-0.3, -0.25) is 0 Å². The molecule has 1 nitrogen and oxygen atoms in total. The zero-order chi connectivity index (χ0) is 15.8. The van der Waals surface area contributed by atoms with E-state index in [4.69, 9.17) is 4.74 Å². The normalized spacial score (nSPS) is 10.6. The first kappa shape index (κ1) is 16.5. The minimum Gasteiger partial charge on any atom is -0.385 e. The van der Waals surface area contributed by atoms with Crippen molar-refractivity contribution in [3.63, 3.8) is 0 Å². The van der Waals surface area contributed by atoms with Crippen LogP contribution in [0.15, 0.2) is 55.1 Å². The molecule has 0 saturated heterocycles. The number of rotatable bonds is 8. The summed E-state index contributed by atoms with van der Waals surface area (Å²) in [6, 6.07) is 15.7. The van der Waals surface area contributed by atoms with Crippen molar-refractivity contribution < 1.29 is 4.74 Å². The molecule has 0 heterocycles. The molecule has 0 amide bonds. The second kappa shape index (κ2) is 8.55. The molecule has 2 aromatic carbocycles. The Hall–Kier alpha value is -1.86. The van der Waals surface area contributed by atoms with Gasteiger partial charge in [-0.1, -0.05) is 48.5 Å². The van der Waals surface area contributed by atoms with Gasteiger partial charge in [0.15, 0.2) is 0 Å². The summed E-state index contributed by atoms with van der Waals surface area (Å²) in [5.41, 5.74) is 6.72. The average Bonchev–Trinajstić information content (AvgIpc) is 2.54. The molecule has 0 aromatic heterocycles. The molecule has 0 unspecified atom stereocenters. The van der Waals surface area contributed by atoms with Crippen LogP contribution in [-0.4, -0.2) is 13.7 Å². The number of hydrogen-bond acceptors (Lipinski definition) is 1. The highest BCUT2D eigenvalue weighted by molar-refractivity contribution is 5.67. The summed E-state index contributed by atoms with van der Waals surface area (Å²) in [4.78, 5) is 0. The summed E-state index contributed by atoms with van der Waals surface area (Å²) < 4.78 is 5.12. The molecular formula is C21H26O. The van der Waals surface area contributed by atoms with Crippen molar-refractivity contribution in [1.29, 1.82) is 0 Å². The standard InChI is InChI=1S/C21H26O/c1-4-5-7-18-9-12-20(13-10-18)21-14-11-19(16-17(21)2)8-6-15-22-3/h4,9-14,16H,1,5-8,15H2,2-3H3. The molecule has 116 valence electrons. The van der Waals surface area contributed by atoms with Crippen LogP contribution in [0.5, 0.6) is 0 Å². The van der Waals surface area contributed by atoms with Gasteiger partial charge in [-0.25, -0.2) is 0 Å². The summed E-state index contributed by atoms with van der Waals surface area (Å²) >= 11 is 0. The first-order chi connectivity index (χ1) is 10.7. The van der Waals surface area contributed by atoms with Crippen LogP contribution in [0.4, 0.5) is 0 Å². The van der Waals surface area contributed by atoms with Gasteiger partial charge in [0, 0.05) is 13.7 Å². The van der Waals surface area contributed by atoms with Crippen molar-refractivity contribution in [1.82, 2.24) is 0 Å². The largest absolute Gasteiger partial charge is 0.385 e. The Morgan fingerprint density at radius 1 is 1.00 bits per heavy atom. The van der Waals surface area contributed by atoms with Gasteiger partial charge in [-0.05, 0) is 60.4 Å². The number of allylic oxidation sites excluding steroid dienone is 1. The van der Waals surface area contributed by atoms with E-state index >= 15 is 0 Å². The Kier molecular flexibility index (Phi) is 6.42. The molecule has 0 fully saturated rings. The molecule has 0 spiro atoms. The zero-order valence-corrected chi connectivity index (χ0v) is 13.8. The van der Waals surface area contributed by atoms with E-state index < -0.39 is 0 Å². The molecule has 0 N–H and O–H groups in total. The van der Waals surface area contributed by atoms with Crippen LogP contribution >= 0.6 is 0 Å². The quantitative estimate of drug-likeness (QED) is 0.470. The van der Waals surface area contributed by atoms with Gasteiger partial charge < -0.3 is 4.74 Å². The van der Waals surface area contributed by atoms with Gasteiger partial charge in [0.05, 0.1) is 0 Å². The number of benzene rings is 2. The highest BCUT2D eigenvalue weighted by Crippen LogP contribution is 2.25. The number of hydrogen-bond donors (Lipinski definition) is 0. The number of methoxy groups -OCH3 is 1. The van der Waals surface area contributed by atoms with Crippen LogP contribution in [0.3, 0.4) is 0 Å². The molecular weight excluding hydrogens is 268 g/mol. The van der Waals surface area contributed by atoms with Gasteiger partial charge in [-0.15, -0.1) is 6.58 Å². The smallest absolute Gasteiger partial charge is 0.0465 e. The van der Waals surface area contributed by atoms with E-state index in [1.54, 1.807) is 7.11 Å². The van der Waals surface area contributed by atoms with Crippen LogP contribution in [0.25, 0.3) is 11.1 Å². The van der Waals surface area contributed by atoms with Crippen LogP contribution in [0, 0.1) is 6.92 Å². The maximum absolute atomic E-state index is 5.12. The van der Waals surface area contributed by atoms with Crippen molar-refractivity contribution in [2.75, 3.05) is 13.7 Å². The average molecular weight is 294 g/mol. The van der Waals surface area contributed by atoms with E-state index in [2.05, 4.69) is 56.0 Å². The van der Waals surface area contributed by atoms with Gasteiger partial charge in [0.1, 0.15) is 0 Å². The lowest BCUT2D eigenvalue weighted by Crippen LogP contribution is -1.94. The Bertz CT molecular complexity index is 596. The van der Waals surface area contributed by atoms with E-state index in [0.717, 1.165) is 32.3 Å². The fourth-order valence-corrected chi connectivity index (χ4v) is 2.75. The summed E-state index contributed by atoms with van der Waals surface area (Å²) in [6.07, 6.45) is 6.23. The van der Waals surface area contributed by atoms with Crippen molar-refractivity contribution in [3.8, 4) is 11.1 Å². The fourth-order valence-electron chi connectivity index (χ4n) is 2.75. The lowest BCUT2D eigenvalue weighted by molar-refractivity contribution is 0.195. The highest BCUT2D eigenvalue weighted by Gasteiger charge is 2.04. The molecule has 0 saturated carbocycles. The first-order valence-corrected chi connectivity index (χ1v) is 8.03. The monoisotopic (exact) mass is 294 g/mol. The Labute approximate surface area is 134 Å². The highest BCUT2D eigenvalue weighted by atomic mass is 16.5. The third-order valence-electron chi connectivity index (χ3n) is 4.01. The van der Waals surface area contributed by atoms with Crippen molar-refractivity contribution in [3.05, 3.63) is 71.8 Å². The Morgan fingerprint density at radius 3 is 2.36 bits per heavy atom. The Morgan fingerprint density at radius 2 is 1.73 bits per heavy atom. The first-order valence-electron chi connectivity index (χ1n) is 8.03. The Balaban J connectivity index is 2.09. The third kappa shape index (κ3) is 4.57. The predicted molar refractivity (Wildman–Crippen MR) is 95.3 cm³/mol. The maximum Gasteiger partial charge on any atom is 0.0465 e. The van der Waals surface area contributed by atoms with E-state index in [1.165, 1.54) is 27.8 Å². The second-order valence-electron chi connectivity index (χ2n) is 5.77. The van der Waals surface area contributed by atoms with Gasteiger partial charge >= 0.3 is 0 Å².